The lowest BCUT2D eigenvalue weighted by Gasteiger charge is -2.16. The van der Waals surface area contributed by atoms with Gasteiger partial charge in [-0.05, 0) is 54.6 Å². The van der Waals surface area contributed by atoms with Gasteiger partial charge in [-0.1, -0.05) is 0 Å². The Morgan fingerprint density at radius 2 is 2.25 bits per heavy atom. The van der Waals surface area contributed by atoms with E-state index in [9.17, 15) is 4.79 Å². The number of anilines is 2. The zero-order valence-corrected chi connectivity index (χ0v) is 11.5. The molecule has 0 aromatic heterocycles. The lowest BCUT2D eigenvalue weighted by atomic mass is 10.2. The highest BCUT2D eigenvalue weighted by Gasteiger charge is 2.12. The molecule has 0 aliphatic heterocycles. The smallest absolute Gasteiger partial charge is 0.242 e. The number of amides is 1. The number of nitrogens with one attached hydrogen (secondary N) is 2. The molecule has 0 fully saturated rings. The van der Waals surface area contributed by atoms with Crippen molar-refractivity contribution in [2.45, 2.75) is 19.9 Å². The normalized spacial score (nSPS) is 11.9. The molecule has 1 unspecified atom stereocenters. The van der Waals surface area contributed by atoms with E-state index in [2.05, 4.69) is 33.2 Å². The second kappa shape index (κ2) is 5.93. The zero-order chi connectivity index (χ0) is 12.1. The minimum atomic E-state index is -0.253. The van der Waals surface area contributed by atoms with Gasteiger partial charge < -0.3 is 16.4 Å². The van der Waals surface area contributed by atoms with Gasteiger partial charge in [-0.25, -0.2) is 0 Å². The largest absolute Gasteiger partial charge is 0.399 e. The summed E-state index contributed by atoms with van der Waals surface area (Å²) in [7, 11) is 0. The average molecular weight is 333 g/mol. The average Bonchev–Trinajstić information content (AvgIpc) is 2.22. The Morgan fingerprint density at radius 1 is 1.56 bits per heavy atom. The number of halogens is 1. The van der Waals surface area contributed by atoms with Crippen LogP contribution in [0.3, 0.4) is 0 Å². The molecule has 88 valence electrons. The van der Waals surface area contributed by atoms with Crippen molar-refractivity contribution >= 4 is 39.9 Å². The molecule has 4 N–H and O–H groups in total. The fourth-order valence-electron chi connectivity index (χ4n) is 1.27. The summed E-state index contributed by atoms with van der Waals surface area (Å²) in [5.74, 6) is -0.00451. The summed E-state index contributed by atoms with van der Waals surface area (Å²) < 4.78 is 1.01. The highest BCUT2D eigenvalue weighted by atomic mass is 127. The van der Waals surface area contributed by atoms with E-state index in [1.807, 2.05) is 32.0 Å². The summed E-state index contributed by atoms with van der Waals surface area (Å²) in [6, 6.07) is 5.31. The van der Waals surface area contributed by atoms with Gasteiger partial charge >= 0.3 is 0 Å². The van der Waals surface area contributed by atoms with E-state index < -0.39 is 0 Å². The number of likely N-dealkylation sites (N-methyl/N-ethyl adjacent to an activating group) is 1. The summed E-state index contributed by atoms with van der Waals surface area (Å²) in [6.45, 7) is 4.37. The van der Waals surface area contributed by atoms with Crippen LogP contribution in [0, 0.1) is 3.57 Å². The molecule has 5 heteroatoms. The molecule has 0 heterocycles. The Labute approximate surface area is 109 Å². The van der Waals surface area contributed by atoms with E-state index in [1.165, 1.54) is 0 Å². The molecule has 1 aromatic carbocycles. The number of carbonyl (C=O) groups excluding carboxylic acids is 1. The number of nitrogens with two attached hydrogens (primary N) is 1. The Balaban J connectivity index is 2.69. The van der Waals surface area contributed by atoms with E-state index in [0.717, 1.165) is 14.9 Å². The van der Waals surface area contributed by atoms with Crippen LogP contribution >= 0.6 is 22.6 Å². The van der Waals surface area contributed by atoms with Crippen LogP contribution in [0.1, 0.15) is 13.8 Å². The van der Waals surface area contributed by atoms with E-state index in [0.29, 0.717) is 6.54 Å². The topological polar surface area (TPSA) is 67.2 Å². The first-order valence-corrected chi connectivity index (χ1v) is 6.21. The first-order chi connectivity index (χ1) is 7.54. The highest BCUT2D eigenvalue weighted by Crippen LogP contribution is 2.21. The van der Waals surface area contributed by atoms with Gasteiger partial charge in [0.2, 0.25) is 5.91 Å². The Morgan fingerprint density at radius 3 is 2.81 bits per heavy atom. The minimum absolute atomic E-state index is 0.00451. The van der Waals surface area contributed by atoms with Gasteiger partial charge in [0.1, 0.15) is 6.04 Å². The number of carbonyl (C=O) groups is 1. The van der Waals surface area contributed by atoms with Gasteiger partial charge in [0.25, 0.3) is 0 Å². The molecule has 1 amide bonds. The molecule has 1 rings (SSSR count). The number of hydrogen-bond acceptors (Lipinski definition) is 3. The summed E-state index contributed by atoms with van der Waals surface area (Å²) in [5.41, 5.74) is 7.30. The predicted octanol–water partition coefficient (Wildman–Crippen LogP) is 1.81. The first kappa shape index (κ1) is 13.1. The van der Waals surface area contributed by atoms with Crippen molar-refractivity contribution in [2.24, 2.45) is 0 Å². The van der Waals surface area contributed by atoms with Crippen molar-refractivity contribution in [3.05, 3.63) is 21.8 Å². The second-order valence-electron chi connectivity index (χ2n) is 3.50. The van der Waals surface area contributed by atoms with Crippen LogP contribution in [-0.4, -0.2) is 18.5 Å². The molecule has 1 atom stereocenters. The van der Waals surface area contributed by atoms with Gasteiger partial charge in [-0.15, -0.1) is 0 Å². The van der Waals surface area contributed by atoms with Crippen LogP contribution < -0.4 is 16.4 Å². The minimum Gasteiger partial charge on any atom is -0.399 e. The maximum absolute atomic E-state index is 11.5. The molecule has 0 radical (unpaired) electrons. The predicted molar refractivity (Wildman–Crippen MR) is 75.3 cm³/mol. The molecule has 0 aliphatic carbocycles. The molecule has 1 aromatic rings. The van der Waals surface area contributed by atoms with Gasteiger partial charge in [-0.2, -0.15) is 0 Å². The third-order valence-corrected chi connectivity index (χ3v) is 3.00. The molecule has 0 bridgehead atoms. The Bertz CT molecular complexity index is 381. The van der Waals surface area contributed by atoms with Crippen LogP contribution in [-0.2, 0) is 4.79 Å². The molecule has 0 aliphatic rings. The number of nitrogen functional groups attached to an aromatic ring is 1. The lowest BCUT2D eigenvalue weighted by molar-refractivity contribution is -0.121. The van der Waals surface area contributed by atoms with Crippen LogP contribution in [0.4, 0.5) is 11.4 Å². The zero-order valence-electron chi connectivity index (χ0n) is 9.38. The molecular formula is C11H16IN3O. The standard InChI is InChI=1S/C11H16IN3O/c1-3-14-11(16)7(2)15-10-5-4-8(13)6-9(10)12/h4-7,15H,3,13H2,1-2H3,(H,14,16). The van der Waals surface area contributed by atoms with Crippen LogP contribution in [0.5, 0.6) is 0 Å². The molecule has 0 saturated heterocycles. The van der Waals surface area contributed by atoms with Crippen molar-refractivity contribution in [1.82, 2.24) is 5.32 Å². The third kappa shape index (κ3) is 3.55. The highest BCUT2D eigenvalue weighted by molar-refractivity contribution is 14.1. The van der Waals surface area contributed by atoms with E-state index in [1.54, 1.807) is 0 Å². The van der Waals surface area contributed by atoms with E-state index >= 15 is 0 Å². The van der Waals surface area contributed by atoms with Gasteiger partial charge in [0.05, 0.1) is 0 Å². The SMILES string of the molecule is CCNC(=O)C(C)Nc1ccc(N)cc1I. The van der Waals surface area contributed by atoms with E-state index in [-0.39, 0.29) is 11.9 Å². The quantitative estimate of drug-likeness (QED) is 0.582. The number of rotatable bonds is 4. The van der Waals surface area contributed by atoms with Crippen molar-refractivity contribution in [3.8, 4) is 0 Å². The maximum Gasteiger partial charge on any atom is 0.242 e. The lowest BCUT2D eigenvalue weighted by Crippen LogP contribution is -2.37. The van der Waals surface area contributed by atoms with E-state index in [4.69, 9.17) is 5.73 Å². The molecule has 0 spiro atoms. The van der Waals surface area contributed by atoms with Crippen molar-refractivity contribution < 1.29 is 4.79 Å². The monoisotopic (exact) mass is 333 g/mol. The summed E-state index contributed by atoms with van der Waals surface area (Å²) in [4.78, 5) is 11.5. The molecule has 4 nitrogen and oxygen atoms in total. The maximum atomic E-state index is 11.5. The van der Waals surface area contributed by atoms with Crippen molar-refractivity contribution in [3.63, 3.8) is 0 Å². The summed E-state index contributed by atoms with van der Waals surface area (Å²) in [6.07, 6.45) is 0. The van der Waals surface area contributed by atoms with Crippen LogP contribution in [0.2, 0.25) is 0 Å². The number of benzene rings is 1. The van der Waals surface area contributed by atoms with Crippen LogP contribution in [0.25, 0.3) is 0 Å². The molecular weight excluding hydrogens is 317 g/mol. The Kier molecular flexibility index (Phi) is 4.85. The fourth-order valence-corrected chi connectivity index (χ4v) is 1.97. The summed E-state index contributed by atoms with van der Waals surface area (Å²) >= 11 is 2.19. The van der Waals surface area contributed by atoms with Gasteiger partial charge in [-0.3, -0.25) is 4.79 Å². The number of hydrogen-bond donors (Lipinski definition) is 3. The van der Waals surface area contributed by atoms with Gasteiger partial charge in [0, 0.05) is 21.5 Å². The molecule has 16 heavy (non-hydrogen) atoms. The second-order valence-corrected chi connectivity index (χ2v) is 4.66. The first-order valence-electron chi connectivity index (χ1n) is 5.14. The van der Waals surface area contributed by atoms with Crippen molar-refractivity contribution in [2.75, 3.05) is 17.6 Å². The van der Waals surface area contributed by atoms with Crippen LogP contribution in [0.15, 0.2) is 18.2 Å². The Hall–Kier alpha value is -0.980. The third-order valence-electron chi connectivity index (χ3n) is 2.11. The van der Waals surface area contributed by atoms with Crippen molar-refractivity contribution in [1.29, 1.82) is 0 Å². The molecule has 0 saturated carbocycles. The fraction of sp³-hybridized carbons (Fsp3) is 0.364. The van der Waals surface area contributed by atoms with Gasteiger partial charge in [0.15, 0.2) is 0 Å². The summed E-state index contributed by atoms with van der Waals surface area (Å²) in [5, 5.41) is 5.91.